The number of ether oxygens (including phenoxy) is 1. The minimum atomic E-state index is -0.803. The van der Waals surface area contributed by atoms with Gasteiger partial charge in [0.15, 0.2) is 0 Å². The average molecular weight is 347 g/mol. The van der Waals surface area contributed by atoms with Crippen molar-refractivity contribution < 1.29 is 24.5 Å². The standard InChI is InChI=1S/C16H22BN3O5/c1-17(24)20-9-13(21)8-14(20)16(23)18-11-2-4-12(5-3-11)19-6-7-25-10-15(19)22/h2-5,13-14,21,24H,6-10H2,1H3,(H,18,23)/t13-,14-/m1/s1. The molecule has 0 unspecified atom stereocenters. The molecule has 134 valence electrons. The van der Waals surface area contributed by atoms with Crippen molar-refractivity contribution in [2.45, 2.75) is 25.4 Å². The number of morpholine rings is 1. The van der Waals surface area contributed by atoms with Gasteiger partial charge in [-0.3, -0.25) is 9.59 Å². The molecule has 3 N–H and O–H groups in total. The molecule has 2 amide bonds. The molecule has 9 heteroatoms. The van der Waals surface area contributed by atoms with Crippen LogP contribution in [0.5, 0.6) is 0 Å². The predicted octanol–water partition coefficient (Wildman–Crippen LogP) is -0.466. The van der Waals surface area contributed by atoms with E-state index in [2.05, 4.69) is 5.32 Å². The number of hydrogen-bond acceptors (Lipinski definition) is 6. The van der Waals surface area contributed by atoms with E-state index < -0.39 is 19.2 Å². The number of aliphatic hydroxyl groups excluding tert-OH is 1. The number of anilines is 2. The molecule has 2 atom stereocenters. The maximum atomic E-state index is 12.5. The van der Waals surface area contributed by atoms with Gasteiger partial charge in [0.25, 0.3) is 5.91 Å². The van der Waals surface area contributed by atoms with E-state index in [1.807, 2.05) is 0 Å². The van der Waals surface area contributed by atoms with E-state index in [-0.39, 0.29) is 31.4 Å². The van der Waals surface area contributed by atoms with Gasteiger partial charge >= 0.3 is 7.05 Å². The first kappa shape index (κ1) is 17.9. The van der Waals surface area contributed by atoms with Gasteiger partial charge in [-0.1, -0.05) is 0 Å². The molecule has 2 saturated heterocycles. The molecule has 0 aliphatic carbocycles. The molecule has 1 aromatic carbocycles. The highest BCUT2D eigenvalue weighted by atomic mass is 16.5. The van der Waals surface area contributed by atoms with Crippen molar-refractivity contribution in [1.82, 2.24) is 4.81 Å². The highest BCUT2D eigenvalue weighted by Gasteiger charge is 2.39. The summed E-state index contributed by atoms with van der Waals surface area (Å²) in [6, 6.07) is 6.43. The van der Waals surface area contributed by atoms with Crippen LogP contribution in [0.1, 0.15) is 6.42 Å². The number of β-amino-alcohol motifs (C(OH)–C–C–N with tert-alkyl or cyclic N) is 1. The zero-order chi connectivity index (χ0) is 18.0. The fourth-order valence-corrected chi connectivity index (χ4v) is 3.25. The van der Waals surface area contributed by atoms with Crippen molar-refractivity contribution in [1.29, 1.82) is 0 Å². The van der Waals surface area contributed by atoms with E-state index in [1.165, 1.54) is 0 Å². The number of carbonyl (C=O) groups is 2. The van der Waals surface area contributed by atoms with Gasteiger partial charge in [-0.05, 0) is 37.5 Å². The van der Waals surface area contributed by atoms with E-state index in [0.29, 0.717) is 18.8 Å². The zero-order valence-corrected chi connectivity index (χ0v) is 14.1. The summed E-state index contributed by atoms with van der Waals surface area (Å²) in [5.74, 6) is -0.358. The van der Waals surface area contributed by atoms with Gasteiger partial charge in [0.1, 0.15) is 6.61 Å². The number of carbonyl (C=O) groups excluding carboxylic acids is 2. The number of aliphatic hydroxyl groups is 1. The number of rotatable bonds is 4. The Balaban J connectivity index is 1.65. The smallest absolute Gasteiger partial charge is 0.377 e. The molecule has 25 heavy (non-hydrogen) atoms. The van der Waals surface area contributed by atoms with E-state index in [0.717, 1.165) is 5.69 Å². The molecule has 0 spiro atoms. The van der Waals surface area contributed by atoms with Gasteiger partial charge in [0.05, 0.1) is 18.8 Å². The summed E-state index contributed by atoms with van der Waals surface area (Å²) in [5, 5.41) is 22.3. The number of nitrogens with one attached hydrogen (secondary N) is 1. The summed E-state index contributed by atoms with van der Waals surface area (Å²) >= 11 is 0. The van der Waals surface area contributed by atoms with Crippen molar-refractivity contribution in [3.05, 3.63) is 24.3 Å². The molecular weight excluding hydrogens is 325 g/mol. The number of benzene rings is 1. The zero-order valence-electron chi connectivity index (χ0n) is 14.1. The van der Waals surface area contributed by atoms with Gasteiger partial charge < -0.3 is 29.9 Å². The third-order valence-corrected chi connectivity index (χ3v) is 4.53. The Bertz CT molecular complexity index is 639. The lowest BCUT2D eigenvalue weighted by Crippen LogP contribution is -2.46. The molecule has 0 saturated carbocycles. The molecule has 2 fully saturated rings. The highest BCUT2D eigenvalue weighted by molar-refractivity contribution is 6.46. The van der Waals surface area contributed by atoms with E-state index >= 15 is 0 Å². The Morgan fingerprint density at radius 1 is 1.36 bits per heavy atom. The second kappa shape index (κ2) is 7.53. The van der Waals surface area contributed by atoms with Crippen LogP contribution in [0.2, 0.25) is 6.82 Å². The molecule has 0 radical (unpaired) electrons. The lowest BCUT2D eigenvalue weighted by atomic mass is 9.84. The summed E-state index contributed by atoms with van der Waals surface area (Å²) in [6.07, 6.45) is -0.336. The Morgan fingerprint density at radius 2 is 2.08 bits per heavy atom. The highest BCUT2D eigenvalue weighted by Crippen LogP contribution is 2.23. The second-order valence-corrected chi connectivity index (χ2v) is 6.37. The van der Waals surface area contributed by atoms with Crippen molar-refractivity contribution >= 4 is 30.2 Å². The maximum Gasteiger partial charge on any atom is 0.377 e. The van der Waals surface area contributed by atoms with Crippen LogP contribution in [0.25, 0.3) is 0 Å². The maximum absolute atomic E-state index is 12.5. The first-order chi connectivity index (χ1) is 12.0. The average Bonchev–Trinajstić information content (AvgIpc) is 2.99. The molecular formula is C16H22BN3O5. The first-order valence-electron chi connectivity index (χ1n) is 8.36. The largest absolute Gasteiger partial charge is 0.437 e. The molecule has 0 bridgehead atoms. The third kappa shape index (κ3) is 4.01. The topological polar surface area (TPSA) is 102 Å². The Kier molecular flexibility index (Phi) is 5.38. The van der Waals surface area contributed by atoms with Gasteiger partial charge in [0.2, 0.25) is 5.91 Å². The van der Waals surface area contributed by atoms with Gasteiger partial charge in [-0.25, -0.2) is 0 Å². The van der Waals surface area contributed by atoms with Crippen LogP contribution in [0.3, 0.4) is 0 Å². The van der Waals surface area contributed by atoms with Gasteiger partial charge in [0, 0.05) is 24.5 Å². The SMILES string of the molecule is CB(O)N1C[C@H](O)C[C@@H]1C(=O)Nc1ccc(N2CCOCC2=O)cc1. The molecule has 1 aromatic rings. The molecule has 2 aliphatic heterocycles. The Hall–Kier alpha value is -1.94. The lowest BCUT2D eigenvalue weighted by molar-refractivity contribution is -0.125. The normalized spacial score (nSPS) is 24.4. The molecule has 0 aromatic heterocycles. The minimum Gasteiger partial charge on any atom is -0.437 e. The first-order valence-corrected chi connectivity index (χ1v) is 8.36. The predicted molar refractivity (Wildman–Crippen MR) is 93.2 cm³/mol. The third-order valence-electron chi connectivity index (χ3n) is 4.53. The van der Waals surface area contributed by atoms with Crippen molar-refractivity contribution in [2.24, 2.45) is 0 Å². The second-order valence-electron chi connectivity index (χ2n) is 6.37. The Morgan fingerprint density at radius 3 is 2.72 bits per heavy atom. The fraction of sp³-hybridized carbons (Fsp3) is 0.500. The van der Waals surface area contributed by atoms with Crippen molar-refractivity contribution in [3.63, 3.8) is 0 Å². The van der Waals surface area contributed by atoms with Crippen LogP contribution in [0.15, 0.2) is 24.3 Å². The van der Waals surface area contributed by atoms with E-state index in [1.54, 1.807) is 40.8 Å². The van der Waals surface area contributed by atoms with Crippen LogP contribution in [-0.4, -0.2) is 72.3 Å². The van der Waals surface area contributed by atoms with Crippen molar-refractivity contribution in [3.8, 4) is 0 Å². The van der Waals surface area contributed by atoms with E-state index in [4.69, 9.17) is 4.74 Å². The van der Waals surface area contributed by atoms with Crippen LogP contribution < -0.4 is 10.2 Å². The Labute approximate surface area is 146 Å². The van der Waals surface area contributed by atoms with Crippen LogP contribution >= 0.6 is 0 Å². The van der Waals surface area contributed by atoms with E-state index in [9.17, 15) is 19.7 Å². The number of nitrogens with zero attached hydrogens (tertiary/aromatic N) is 2. The van der Waals surface area contributed by atoms with Crippen LogP contribution in [0.4, 0.5) is 11.4 Å². The molecule has 8 nitrogen and oxygen atoms in total. The summed E-state index contributed by atoms with van der Waals surface area (Å²) in [6.45, 7) is 2.94. The minimum absolute atomic E-state index is 0.0810. The van der Waals surface area contributed by atoms with Gasteiger partial charge in [-0.2, -0.15) is 0 Å². The molecule has 2 aliphatic rings. The summed E-state index contributed by atoms with van der Waals surface area (Å²) < 4.78 is 5.11. The number of amides is 2. The molecule has 3 rings (SSSR count). The molecule has 2 heterocycles. The summed E-state index contributed by atoms with van der Waals surface area (Å²) in [7, 11) is -0.803. The lowest BCUT2D eigenvalue weighted by Gasteiger charge is -2.27. The summed E-state index contributed by atoms with van der Waals surface area (Å²) in [5.41, 5.74) is 1.36. The summed E-state index contributed by atoms with van der Waals surface area (Å²) in [4.78, 5) is 27.5. The number of hydrogen-bond donors (Lipinski definition) is 3. The monoisotopic (exact) mass is 347 g/mol. The van der Waals surface area contributed by atoms with Crippen LogP contribution in [-0.2, 0) is 14.3 Å². The van der Waals surface area contributed by atoms with Gasteiger partial charge in [-0.15, -0.1) is 0 Å². The van der Waals surface area contributed by atoms with Crippen molar-refractivity contribution in [2.75, 3.05) is 36.5 Å². The quantitative estimate of drug-likeness (QED) is 0.637. The van der Waals surface area contributed by atoms with Crippen LogP contribution in [0, 0.1) is 0 Å². The fourth-order valence-electron chi connectivity index (χ4n) is 3.25.